The summed E-state index contributed by atoms with van der Waals surface area (Å²) in [6, 6.07) is 8.60. The number of carbonyl (C=O) groups is 1. The fourth-order valence-corrected chi connectivity index (χ4v) is 3.93. The minimum atomic E-state index is 0.0414. The first-order valence-corrected chi connectivity index (χ1v) is 8.76. The molecule has 0 bridgehead atoms. The Morgan fingerprint density at radius 1 is 1.17 bits per heavy atom. The maximum Gasteiger partial charge on any atom is 0.251 e. The Hall–Kier alpha value is -2.21. The van der Waals surface area contributed by atoms with Gasteiger partial charge < -0.3 is 5.32 Å². The molecule has 2 atom stereocenters. The van der Waals surface area contributed by atoms with Crippen LogP contribution in [0.25, 0.3) is 0 Å². The van der Waals surface area contributed by atoms with Gasteiger partial charge in [0.15, 0.2) is 0 Å². The Labute approximate surface area is 141 Å². The molecule has 1 aromatic heterocycles. The summed E-state index contributed by atoms with van der Waals surface area (Å²) >= 11 is 0. The lowest BCUT2D eigenvalue weighted by Crippen LogP contribution is -2.46. The third-order valence-electron chi connectivity index (χ3n) is 5.20. The molecule has 1 N–H and O–H groups in total. The number of nitrogens with one attached hydrogen (secondary N) is 1. The molecule has 0 saturated carbocycles. The van der Waals surface area contributed by atoms with E-state index >= 15 is 0 Å². The number of carbonyl (C=O) groups excluding carboxylic acids is 1. The molecule has 2 aliphatic rings. The van der Waals surface area contributed by atoms with Crippen LogP contribution in [0.4, 0.5) is 0 Å². The largest absolute Gasteiger partial charge is 0.348 e. The zero-order chi connectivity index (χ0) is 16.4. The highest BCUT2D eigenvalue weighted by molar-refractivity contribution is 5.94. The summed E-state index contributed by atoms with van der Waals surface area (Å²) in [5, 5.41) is 7.35. The van der Waals surface area contributed by atoms with E-state index in [4.69, 9.17) is 0 Å². The van der Waals surface area contributed by atoms with E-state index in [1.165, 1.54) is 32.1 Å². The molecule has 0 radical (unpaired) electrons. The molecule has 1 amide bonds. The monoisotopic (exact) mass is 325 g/mol. The fraction of sp³-hybridized carbons (Fsp3) is 0.500. The van der Waals surface area contributed by atoms with Gasteiger partial charge in [-0.25, -0.2) is 9.67 Å². The number of hydrogen-bond donors (Lipinski definition) is 1. The van der Waals surface area contributed by atoms with Gasteiger partial charge in [0.1, 0.15) is 12.7 Å². The zero-order valence-corrected chi connectivity index (χ0v) is 13.8. The van der Waals surface area contributed by atoms with Crippen molar-refractivity contribution in [1.29, 1.82) is 0 Å². The molecule has 24 heavy (non-hydrogen) atoms. The molecule has 6 nitrogen and oxygen atoms in total. The molecule has 3 heterocycles. The van der Waals surface area contributed by atoms with Crippen LogP contribution < -0.4 is 5.32 Å². The third-order valence-corrected chi connectivity index (χ3v) is 5.20. The second kappa shape index (κ2) is 6.73. The number of rotatable bonds is 4. The van der Waals surface area contributed by atoms with Crippen molar-refractivity contribution in [2.45, 2.75) is 44.3 Å². The van der Waals surface area contributed by atoms with Crippen molar-refractivity contribution in [2.24, 2.45) is 0 Å². The number of benzene rings is 1. The number of piperidine rings is 1. The SMILES string of the molecule is O=C(N[C@H]1CCN2CCCC[C@H]12)c1ccc(Cn2cncn2)cc1. The Morgan fingerprint density at radius 2 is 2.04 bits per heavy atom. The van der Waals surface area contributed by atoms with Gasteiger partial charge in [0.25, 0.3) is 5.91 Å². The molecule has 2 saturated heterocycles. The highest BCUT2D eigenvalue weighted by atomic mass is 16.1. The molecule has 126 valence electrons. The van der Waals surface area contributed by atoms with E-state index in [1.807, 2.05) is 24.3 Å². The molecular formula is C18H23N5O. The van der Waals surface area contributed by atoms with Crippen LogP contribution in [0.2, 0.25) is 0 Å². The first-order chi connectivity index (χ1) is 11.8. The lowest BCUT2D eigenvalue weighted by Gasteiger charge is -2.32. The molecule has 0 spiro atoms. The summed E-state index contributed by atoms with van der Waals surface area (Å²) in [5.74, 6) is 0.0414. The average molecular weight is 325 g/mol. The lowest BCUT2D eigenvalue weighted by atomic mass is 9.98. The van der Waals surface area contributed by atoms with Gasteiger partial charge >= 0.3 is 0 Å². The third kappa shape index (κ3) is 3.19. The number of nitrogens with zero attached hydrogens (tertiary/aromatic N) is 4. The van der Waals surface area contributed by atoms with Crippen LogP contribution in [-0.2, 0) is 6.54 Å². The Morgan fingerprint density at radius 3 is 2.83 bits per heavy atom. The zero-order valence-electron chi connectivity index (χ0n) is 13.8. The number of amides is 1. The Kier molecular flexibility index (Phi) is 4.30. The van der Waals surface area contributed by atoms with E-state index in [1.54, 1.807) is 11.0 Å². The standard InChI is InChI=1S/C18H23N5O/c24-18(21-16-8-10-22-9-2-1-3-17(16)22)15-6-4-14(5-7-15)11-23-13-19-12-20-23/h4-7,12-13,16-17H,1-3,8-11H2,(H,21,24)/t16-,17+/m0/s1. The van der Waals surface area contributed by atoms with Gasteiger partial charge in [0, 0.05) is 24.2 Å². The molecule has 1 aromatic carbocycles. The molecule has 0 aliphatic carbocycles. The minimum Gasteiger partial charge on any atom is -0.348 e. The Bertz CT molecular complexity index is 682. The number of hydrogen-bond acceptors (Lipinski definition) is 4. The quantitative estimate of drug-likeness (QED) is 0.929. The van der Waals surface area contributed by atoms with Gasteiger partial charge in [-0.2, -0.15) is 5.10 Å². The minimum absolute atomic E-state index is 0.0414. The van der Waals surface area contributed by atoms with E-state index < -0.39 is 0 Å². The summed E-state index contributed by atoms with van der Waals surface area (Å²) < 4.78 is 1.77. The average Bonchev–Trinajstić information content (AvgIpc) is 3.26. The smallest absolute Gasteiger partial charge is 0.251 e. The fourth-order valence-electron chi connectivity index (χ4n) is 3.93. The van der Waals surface area contributed by atoms with Gasteiger partial charge in [0.2, 0.25) is 0 Å². The van der Waals surface area contributed by atoms with Crippen LogP contribution in [0.5, 0.6) is 0 Å². The van der Waals surface area contributed by atoms with Crippen molar-refractivity contribution >= 4 is 5.91 Å². The van der Waals surface area contributed by atoms with Crippen molar-refractivity contribution < 1.29 is 4.79 Å². The van der Waals surface area contributed by atoms with Crippen molar-refractivity contribution in [3.63, 3.8) is 0 Å². The van der Waals surface area contributed by atoms with E-state index in [0.29, 0.717) is 18.6 Å². The van der Waals surface area contributed by atoms with E-state index in [0.717, 1.165) is 24.1 Å². The van der Waals surface area contributed by atoms with Crippen molar-refractivity contribution in [3.05, 3.63) is 48.0 Å². The summed E-state index contributed by atoms with van der Waals surface area (Å²) in [7, 11) is 0. The topological polar surface area (TPSA) is 63.1 Å². The van der Waals surface area contributed by atoms with Crippen molar-refractivity contribution in [3.8, 4) is 0 Å². The summed E-state index contributed by atoms with van der Waals surface area (Å²) in [6.45, 7) is 2.97. The van der Waals surface area contributed by atoms with Crippen LogP contribution in [0.15, 0.2) is 36.9 Å². The van der Waals surface area contributed by atoms with Gasteiger partial charge in [-0.05, 0) is 43.5 Å². The molecular weight excluding hydrogens is 302 g/mol. The summed E-state index contributed by atoms with van der Waals surface area (Å²) in [4.78, 5) is 19.0. The second-order valence-electron chi connectivity index (χ2n) is 6.76. The van der Waals surface area contributed by atoms with Crippen LogP contribution in [0.3, 0.4) is 0 Å². The van der Waals surface area contributed by atoms with Gasteiger partial charge in [-0.1, -0.05) is 18.6 Å². The van der Waals surface area contributed by atoms with Gasteiger partial charge in [-0.15, -0.1) is 0 Å². The first kappa shape index (κ1) is 15.3. The maximum atomic E-state index is 12.5. The highest BCUT2D eigenvalue weighted by Crippen LogP contribution is 2.27. The molecule has 2 fully saturated rings. The number of fused-ring (bicyclic) bond motifs is 1. The second-order valence-corrected chi connectivity index (χ2v) is 6.76. The Balaban J connectivity index is 1.37. The van der Waals surface area contributed by atoms with Crippen LogP contribution in [-0.4, -0.2) is 50.7 Å². The van der Waals surface area contributed by atoms with Crippen LogP contribution >= 0.6 is 0 Å². The lowest BCUT2D eigenvalue weighted by molar-refractivity contribution is 0.0915. The molecule has 2 aromatic rings. The van der Waals surface area contributed by atoms with E-state index in [-0.39, 0.29) is 5.91 Å². The maximum absolute atomic E-state index is 12.5. The van der Waals surface area contributed by atoms with Gasteiger partial charge in [0.05, 0.1) is 6.54 Å². The normalized spacial score (nSPS) is 23.8. The van der Waals surface area contributed by atoms with E-state index in [9.17, 15) is 4.79 Å². The molecule has 2 aliphatic heterocycles. The first-order valence-electron chi connectivity index (χ1n) is 8.76. The van der Waals surface area contributed by atoms with Crippen LogP contribution in [0, 0.1) is 0 Å². The molecule has 0 unspecified atom stereocenters. The van der Waals surface area contributed by atoms with Crippen LogP contribution in [0.1, 0.15) is 41.6 Å². The highest BCUT2D eigenvalue weighted by Gasteiger charge is 2.36. The van der Waals surface area contributed by atoms with Gasteiger partial charge in [-0.3, -0.25) is 9.69 Å². The molecule has 6 heteroatoms. The predicted molar refractivity (Wildman–Crippen MR) is 90.6 cm³/mol. The predicted octanol–water partition coefficient (Wildman–Crippen LogP) is 1.68. The van der Waals surface area contributed by atoms with E-state index in [2.05, 4.69) is 20.3 Å². The summed E-state index contributed by atoms with van der Waals surface area (Å²) in [6.07, 6.45) is 8.08. The van der Waals surface area contributed by atoms with Crippen molar-refractivity contribution in [1.82, 2.24) is 25.0 Å². The molecule has 4 rings (SSSR count). The van der Waals surface area contributed by atoms with Crippen molar-refractivity contribution in [2.75, 3.05) is 13.1 Å². The number of aromatic nitrogens is 3. The summed E-state index contributed by atoms with van der Waals surface area (Å²) in [5.41, 5.74) is 1.84.